The number of hydrogen-bond donors (Lipinski definition) is 0. The third kappa shape index (κ3) is 3.68. The second kappa shape index (κ2) is 8.85. The number of hydrogen-bond acceptors (Lipinski definition) is 5. The van der Waals surface area contributed by atoms with Crippen LogP contribution in [0.4, 0.5) is 19.3 Å². The lowest BCUT2D eigenvalue weighted by molar-refractivity contribution is -0.138. The molecule has 0 aliphatic carbocycles. The first kappa shape index (κ1) is 23.3. The number of anilines is 1. The summed E-state index contributed by atoms with van der Waals surface area (Å²) in [6.07, 6.45) is 0. The van der Waals surface area contributed by atoms with E-state index in [1.807, 2.05) is 0 Å². The molecule has 0 radical (unpaired) electrons. The van der Waals surface area contributed by atoms with Crippen LogP contribution in [0.5, 0.6) is 5.75 Å². The van der Waals surface area contributed by atoms with E-state index >= 15 is 0 Å². The Hall–Kier alpha value is -3.82. The topological polar surface area (TPSA) is 84.0 Å². The number of benzene rings is 3. The summed E-state index contributed by atoms with van der Waals surface area (Å²) in [5, 5.41) is 0.526. The van der Waals surface area contributed by atoms with E-state index < -0.39 is 41.0 Å². The summed E-state index contributed by atoms with van der Waals surface area (Å²) in [5.41, 5.74) is -0.293. The highest BCUT2D eigenvalue weighted by molar-refractivity contribution is 6.56. The summed E-state index contributed by atoms with van der Waals surface area (Å²) in [6.45, 7) is 0. The number of amides is 5. The first-order chi connectivity index (χ1) is 16.2. The van der Waals surface area contributed by atoms with Gasteiger partial charge in [-0.3, -0.25) is 14.4 Å². The number of nitrogens with zero attached hydrogens (tertiary/aromatic N) is 2. The molecule has 4 rings (SSSR count). The minimum absolute atomic E-state index is 0.113. The van der Waals surface area contributed by atoms with E-state index in [-0.39, 0.29) is 26.4 Å². The quantitative estimate of drug-likeness (QED) is 0.281. The molecule has 1 heterocycles. The first-order valence-electron chi connectivity index (χ1n) is 9.50. The lowest BCUT2D eigenvalue weighted by Gasteiger charge is -2.17. The summed E-state index contributed by atoms with van der Waals surface area (Å²) >= 11 is 12.3. The van der Waals surface area contributed by atoms with Crippen LogP contribution in [-0.2, 0) is 9.59 Å². The Morgan fingerprint density at radius 3 is 2.18 bits per heavy atom. The molecule has 3 aromatic rings. The molecule has 0 aromatic heterocycles. The summed E-state index contributed by atoms with van der Waals surface area (Å²) in [5.74, 6) is -6.96. The van der Waals surface area contributed by atoms with Gasteiger partial charge in [0.15, 0.2) is 0 Å². The highest BCUT2D eigenvalue weighted by atomic mass is 35.5. The van der Waals surface area contributed by atoms with Gasteiger partial charge in [0, 0.05) is 17.2 Å². The second-order valence-electron chi connectivity index (χ2n) is 6.95. The Labute approximate surface area is 201 Å². The van der Waals surface area contributed by atoms with Gasteiger partial charge < -0.3 is 4.74 Å². The molecule has 0 spiro atoms. The molecule has 1 saturated heterocycles. The van der Waals surface area contributed by atoms with Crippen molar-refractivity contribution in [2.45, 2.75) is 0 Å². The van der Waals surface area contributed by atoms with Crippen LogP contribution in [0, 0.1) is 11.6 Å². The maximum Gasteiger partial charge on any atom is 0.346 e. The lowest BCUT2D eigenvalue weighted by Crippen LogP contribution is -2.39. The van der Waals surface area contributed by atoms with Crippen molar-refractivity contribution in [2.24, 2.45) is 0 Å². The zero-order valence-electron chi connectivity index (χ0n) is 17.1. The molecule has 0 atom stereocenters. The molecule has 34 heavy (non-hydrogen) atoms. The van der Waals surface area contributed by atoms with Gasteiger partial charge in [0.05, 0.1) is 22.8 Å². The highest BCUT2D eigenvalue weighted by Crippen LogP contribution is 2.40. The van der Waals surface area contributed by atoms with Crippen LogP contribution < -0.4 is 9.64 Å². The fraction of sp³-hybridized carbons (Fsp3) is 0.0435. The Morgan fingerprint density at radius 2 is 1.53 bits per heavy atom. The van der Waals surface area contributed by atoms with E-state index in [0.29, 0.717) is 16.0 Å². The standard InChI is InChI=1S/C23H12Cl2F2N2O5/c1-34-17-10-11(8-9-12(17)13-4-2-5-14(24)19(13)25)28-21(31)22(32)29(23(28)33)20(30)18-15(26)6-3-7-16(18)27/h2-10H,1H3. The molecule has 1 fully saturated rings. The number of halogens is 4. The van der Waals surface area contributed by atoms with E-state index in [4.69, 9.17) is 27.9 Å². The summed E-state index contributed by atoms with van der Waals surface area (Å²) in [4.78, 5) is 50.8. The van der Waals surface area contributed by atoms with Gasteiger partial charge in [-0.1, -0.05) is 41.4 Å². The molecule has 1 aliphatic rings. The molecule has 3 aromatic carbocycles. The second-order valence-corrected chi connectivity index (χ2v) is 7.74. The minimum Gasteiger partial charge on any atom is -0.496 e. The molecule has 7 nitrogen and oxygen atoms in total. The molecule has 0 unspecified atom stereocenters. The molecule has 5 amide bonds. The molecule has 11 heteroatoms. The SMILES string of the molecule is COc1cc(N2C(=O)C(=O)N(C(=O)c3c(F)cccc3F)C2=O)ccc1-c1cccc(Cl)c1Cl. The number of imide groups is 4. The van der Waals surface area contributed by atoms with Crippen molar-refractivity contribution in [1.29, 1.82) is 0 Å². The van der Waals surface area contributed by atoms with Crippen LogP contribution >= 0.6 is 23.2 Å². The maximum atomic E-state index is 14.0. The molecule has 0 N–H and O–H groups in total. The van der Waals surface area contributed by atoms with Crippen molar-refractivity contribution in [3.8, 4) is 16.9 Å². The number of urea groups is 1. The normalized spacial score (nSPS) is 13.6. The Kier molecular flexibility index (Phi) is 6.07. The third-order valence-corrected chi connectivity index (χ3v) is 5.86. The average molecular weight is 505 g/mol. The van der Waals surface area contributed by atoms with E-state index in [1.54, 1.807) is 18.2 Å². The van der Waals surface area contributed by atoms with Gasteiger partial charge in [0.2, 0.25) is 0 Å². The summed E-state index contributed by atoms with van der Waals surface area (Å²) < 4.78 is 33.4. The number of carbonyl (C=O) groups is 4. The highest BCUT2D eigenvalue weighted by Gasteiger charge is 2.50. The first-order valence-corrected chi connectivity index (χ1v) is 10.3. The number of ether oxygens (including phenoxy) is 1. The van der Waals surface area contributed by atoms with E-state index in [1.165, 1.54) is 25.3 Å². The predicted molar refractivity (Wildman–Crippen MR) is 119 cm³/mol. The van der Waals surface area contributed by atoms with Gasteiger partial charge in [-0.2, -0.15) is 4.90 Å². The van der Waals surface area contributed by atoms with Crippen molar-refractivity contribution in [3.05, 3.63) is 81.8 Å². The fourth-order valence-electron chi connectivity index (χ4n) is 3.44. The average Bonchev–Trinajstić information content (AvgIpc) is 3.03. The van der Waals surface area contributed by atoms with Gasteiger partial charge in [-0.05, 0) is 30.3 Å². The smallest absolute Gasteiger partial charge is 0.346 e. The van der Waals surface area contributed by atoms with E-state index in [9.17, 15) is 28.0 Å². The Morgan fingerprint density at radius 1 is 0.882 bits per heavy atom. The molecule has 1 aliphatic heterocycles. The largest absolute Gasteiger partial charge is 0.496 e. The summed E-state index contributed by atoms with van der Waals surface area (Å²) in [6, 6.07) is 10.2. The van der Waals surface area contributed by atoms with Crippen molar-refractivity contribution in [2.75, 3.05) is 12.0 Å². The third-order valence-electron chi connectivity index (χ3n) is 5.04. The van der Waals surface area contributed by atoms with Crippen LogP contribution in [0.15, 0.2) is 54.6 Å². The van der Waals surface area contributed by atoms with Gasteiger partial charge in [-0.25, -0.2) is 18.5 Å². The van der Waals surface area contributed by atoms with Gasteiger partial charge in [-0.15, -0.1) is 0 Å². The molecule has 0 bridgehead atoms. The Balaban J connectivity index is 1.75. The zero-order chi connectivity index (χ0) is 24.7. The van der Waals surface area contributed by atoms with Crippen molar-refractivity contribution >= 4 is 52.6 Å². The van der Waals surface area contributed by atoms with Crippen LogP contribution in [-0.4, -0.2) is 35.8 Å². The van der Waals surface area contributed by atoms with E-state index in [0.717, 1.165) is 18.2 Å². The minimum atomic E-state index is -1.60. The van der Waals surface area contributed by atoms with Crippen LogP contribution in [0.25, 0.3) is 11.1 Å². The monoisotopic (exact) mass is 504 g/mol. The molecular formula is C23H12Cl2F2N2O5. The number of methoxy groups -OCH3 is 1. The van der Waals surface area contributed by atoms with Crippen LogP contribution in [0.2, 0.25) is 10.0 Å². The van der Waals surface area contributed by atoms with Crippen molar-refractivity contribution in [1.82, 2.24) is 4.90 Å². The Bertz CT molecular complexity index is 1380. The number of rotatable bonds is 4. The van der Waals surface area contributed by atoms with E-state index in [2.05, 4.69) is 0 Å². The van der Waals surface area contributed by atoms with Crippen molar-refractivity contribution < 1.29 is 32.7 Å². The zero-order valence-corrected chi connectivity index (χ0v) is 18.7. The van der Waals surface area contributed by atoms with Crippen LogP contribution in [0.3, 0.4) is 0 Å². The summed E-state index contributed by atoms with van der Waals surface area (Å²) in [7, 11) is 1.33. The van der Waals surface area contributed by atoms with Gasteiger partial charge in [0.1, 0.15) is 22.9 Å². The van der Waals surface area contributed by atoms with Crippen molar-refractivity contribution in [3.63, 3.8) is 0 Å². The molecule has 0 saturated carbocycles. The van der Waals surface area contributed by atoms with Gasteiger partial charge in [0.25, 0.3) is 5.91 Å². The van der Waals surface area contributed by atoms with Crippen LogP contribution in [0.1, 0.15) is 10.4 Å². The molecular weight excluding hydrogens is 493 g/mol. The lowest BCUT2D eigenvalue weighted by atomic mass is 10.0. The maximum absolute atomic E-state index is 14.0. The number of carbonyl (C=O) groups excluding carboxylic acids is 4. The molecule has 172 valence electrons. The predicted octanol–water partition coefficient (Wildman–Crippen LogP) is 5.08. The fourth-order valence-corrected chi connectivity index (χ4v) is 3.84. The van der Waals surface area contributed by atoms with Gasteiger partial charge >= 0.3 is 17.8 Å².